The van der Waals surface area contributed by atoms with Crippen molar-refractivity contribution in [1.29, 1.82) is 0 Å². The van der Waals surface area contributed by atoms with Crippen molar-refractivity contribution in [3.63, 3.8) is 0 Å². The highest BCUT2D eigenvalue weighted by Crippen LogP contribution is 2.14. The maximum atomic E-state index is 11.7. The van der Waals surface area contributed by atoms with E-state index < -0.39 is 17.5 Å². The SMILES string of the molecule is CCCCOCCCNC(=O)NC(CC)(CC)C(=O)O. The lowest BCUT2D eigenvalue weighted by molar-refractivity contribution is -0.144. The van der Waals surface area contributed by atoms with E-state index in [4.69, 9.17) is 4.74 Å². The number of hydrogen-bond acceptors (Lipinski definition) is 3. The number of carboxylic acid groups (broad SMARTS) is 1. The first-order valence-corrected chi connectivity index (χ1v) is 7.39. The number of carbonyl (C=O) groups excluding carboxylic acids is 1. The molecule has 3 N–H and O–H groups in total. The van der Waals surface area contributed by atoms with Gasteiger partial charge in [0, 0.05) is 19.8 Å². The van der Waals surface area contributed by atoms with Crippen molar-refractivity contribution >= 4 is 12.0 Å². The Labute approximate surface area is 121 Å². The van der Waals surface area contributed by atoms with Crippen molar-refractivity contribution in [2.45, 2.75) is 58.4 Å². The van der Waals surface area contributed by atoms with Crippen molar-refractivity contribution in [2.24, 2.45) is 0 Å². The Kier molecular flexibility index (Phi) is 9.80. The molecule has 0 fully saturated rings. The molecule has 0 aromatic heterocycles. The average Bonchev–Trinajstić information content (AvgIpc) is 2.43. The number of ether oxygens (including phenoxy) is 1. The van der Waals surface area contributed by atoms with Crippen LogP contribution in [0, 0.1) is 0 Å². The molecule has 0 radical (unpaired) electrons. The first-order valence-electron chi connectivity index (χ1n) is 7.39. The van der Waals surface area contributed by atoms with E-state index in [1.54, 1.807) is 13.8 Å². The molecule has 0 aliphatic heterocycles. The molecule has 0 aromatic carbocycles. The third-order valence-corrected chi connectivity index (χ3v) is 3.36. The number of rotatable bonds is 11. The molecule has 0 atom stereocenters. The minimum atomic E-state index is -1.18. The molecular weight excluding hydrogens is 260 g/mol. The number of amides is 2. The summed E-state index contributed by atoms with van der Waals surface area (Å²) in [7, 11) is 0. The van der Waals surface area contributed by atoms with Gasteiger partial charge in [0.1, 0.15) is 5.54 Å². The molecule has 0 aromatic rings. The molecule has 0 rings (SSSR count). The van der Waals surface area contributed by atoms with E-state index in [0.717, 1.165) is 25.9 Å². The Hall–Kier alpha value is -1.30. The fraction of sp³-hybridized carbons (Fsp3) is 0.857. The predicted octanol–water partition coefficient (Wildman–Crippen LogP) is 2.14. The lowest BCUT2D eigenvalue weighted by atomic mass is 9.93. The maximum Gasteiger partial charge on any atom is 0.329 e. The first-order chi connectivity index (χ1) is 9.52. The van der Waals surface area contributed by atoms with Crippen molar-refractivity contribution < 1.29 is 19.4 Å². The molecule has 0 spiro atoms. The summed E-state index contributed by atoms with van der Waals surface area (Å²) >= 11 is 0. The molecule has 0 bridgehead atoms. The summed E-state index contributed by atoms with van der Waals surface area (Å²) in [6, 6.07) is -0.440. The lowest BCUT2D eigenvalue weighted by Crippen LogP contribution is -2.56. The summed E-state index contributed by atoms with van der Waals surface area (Å²) in [4.78, 5) is 22.9. The summed E-state index contributed by atoms with van der Waals surface area (Å²) in [5, 5.41) is 14.4. The first kappa shape index (κ1) is 18.7. The average molecular weight is 288 g/mol. The third-order valence-electron chi connectivity index (χ3n) is 3.36. The van der Waals surface area contributed by atoms with E-state index in [1.807, 2.05) is 0 Å². The fourth-order valence-corrected chi connectivity index (χ4v) is 1.77. The van der Waals surface area contributed by atoms with Crippen molar-refractivity contribution in [2.75, 3.05) is 19.8 Å². The Morgan fingerprint density at radius 2 is 1.70 bits per heavy atom. The zero-order valence-corrected chi connectivity index (χ0v) is 12.8. The second-order valence-electron chi connectivity index (χ2n) is 4.79. The van der Waals surface area contributed by atoms with Gasteiger partial charge in [-0.3, -0.25) is 0 Å². The van der Waals surface area contributed by atoms with Crippen LogP contribution in [0.2, 0.25) is 0 Å². The molecule has 0 heterocycles. The van der Waals surface area contributed by atoms with E-state index >= 15 is 0 Å². The smallest absolute Gasteiger partial charge is 0.329 e. The lowest BCUT2D eigenvalue weighted by Gasteiger charge is -2.28. The van der Waals surface area contributed by atoms with Gasteiger partial charge in [-0.1, -0.05) is 27.2 Å². The standard InChI is InChI=1S/C14H28N2O4/c1-4-7-10-20-11-8-9-15-13(19)16-14(5-2,6-3)12(17)18/h4-11H2,1-3H3,(H,17,18)(H2,15,16,19). The zero-order valence-electron chi connectivity index (χ0n) is 12.8. The van der Waals surface area contributed by atoms with Crippen LogP contribution in [0.15, 0.2) is 0 Å². The Morgan fingerprint density at radius 1 is 1.10 bits per heavy atom. The normalized spacial score (nSPS) is 11.2. The van der Waals surface area contributed by atoms with Gasteiger partial charge in [-0.25, -0.2) is 9.59 Å². The summed E-state index contributed by atoms with van der Waals surface area (Å²) in [6.45, 7) is 7.42. The number of carbonyl (C=O) groups is 2. The zero-order chi connectivity index (χ0) is 15.4. The Bertz CT molecular complexity index is 291. The summed E-state index contributed by atoms with van der Waals surface area (Å²) in [5.41, 5.74) is -1.18. The molecule has 20 heavy (non-hydrogen) atoms. The molecule has 118 valence electrons. The van der Waals surface area contributed by atoms with Gasteiger partial charge in [0.25, 0.3) is 0 Å². The maximum absolute atomic E-state index is 11.7. The molecule has 6 heteroatoms. The second-order valence-corrected chi connectivity index (χ2v) is 4.79. The topological polar surface area (TPSA) is 87.7 Å². The number of carboxylic acids is 1. The highest BCUT2D eigenvalue weighted by atomic mass is 16.5. The van der Waals surface area contributed by atoms with E-state index in [9.17, 15) is 14.7 Å². The van der Waals surface area contributed by atoms with Crippen molar-refractivity contribution in [3.8, 4) is 0 Å². The molecule has 6 nitrogen and oxygen atoms in total. The van der Waals surface area contributed by atoms with Crippen LogP contribution >= 0.6 is 0 Å². The molecule has 0 aliphatic rings. The Morgan fingerprint density at radius 3 is 2.20 bits per heavy atom. The van der Waals surface area contributed by atoms with Gasteiger partial charge in [0.15, 0.2) is 0 Å². The second kappa shape index (κ2) is 10.5. The number of hydrogen-bond donors (Lipinski definition) is 3. The minimum Gasteiger partial charge on any atom is -0.480 e. The van der Waals surface area contributed by atoms with Crippen LogP contribution in [-0.4, -0.2) is 42.4 Å². The van der Waals surface area contributed by atoms with E-state index in [0.29, 0.717) is 26.0 Å². The number of aliphatic carboxylic acids is 1. The van der Waals surface area contributed by atoms with Crippen LogP contribution in [0.5, 0.6) is 0 Å². The van der Waals surface area contributed by atoms with Gasteiger partial charge < -0.3 is 20.5 Å². The van der Waals surface area contributed by atoms with E-state index in [2.05, 4.69) is 17.6 Å². The number of unbranched alkanes of at least 4 members (excludes halogenated alkanes) is 1. The van der Waals surface area contributed by atoms with Gasteiger partial charge in [0.05, 0.1) is 0 Å². The summed E-state index contributed by atoms with van der Waals surface area (Å²) in [5.74, 6) is -0.999. The monoisotopic (exact) mass is 288 g/mol. The van der Waals surface area contributed by atoms with Gasteiger partial charge in [-0.15, -0.1) is 0 Å². The van der Waals surface area contributed by atoms with Crippen molar-refractivity contribution in [3.05, 3.63) is 0 Å². The van der Waals surface area contributed by atoms with Crippen LogP contribution in [0.1, 0.15) is 52.9 Å². The van der Waals surface area contributed by atoms with Crippen LogP contribution in [0.25, 0.3) is 0 Å². The molecule has 2 amide bonds. The van der Waals surface area contributed by atoms with Gasteiger partial charge in [0.2, 0.25) is 0 Å². The van der Waals surface area contributed by atoms with Crippen LogP contribution in [-0.2, 0) is 9.53 Å². The van der Waals surface area contributed by atoms with Crippen molar-refractivity contribution in [1.82, 2.24) is 10.6 Å². The predicted molar refractivity (Wildman–Crippen MR) is 77.8 cm³/mol. The summed E-state index contributed by atoms with van der Waals surface area (Å²) in [6.07, 6.45) is 3.57. The highest BCUT2D eigenvalue weighted by Gasteiger charge is 2.36. The fourth-order valence-electron chi connectivity index (χ4n) is 1.77. The van der Waals surface area contributed by atoms with Crippen LogP contribution < -0.4 is 10.6 Å². The van der Waals surface area contributed by atoms with Gasteiger partial charge >= 0.3 is 12.0 Å². The summed E-state index contributed by atoms with van der Waals surface area (Å²) < 4.78 is 5.37. The van der Waals surface area contributed by atoms with E-state index in [-0.39, 0.29) is 0 Å². The van der Waals surface area contributed by atoms with E-state index in [1.165, 1.54) is 0 Å². The number of nitrogens with one attached hydrogen (secondary N) is 2. The molecule has 0 unspecified atom stereocenters. The third kappa shape index (κ3) is 6.75. The molecule has 0 saturated carbocycles. The van der Waals surface area contributed by atoms with Crippen LogP contribution in [0.4, 0.5) is 4.79 Å². The largest absolute Gasteiger partial charge is 0.480 e. The molecular formula is C14H28N2O4. The van der Waals surface area contributed by atoms with Crippen LogP contribution in [0.3, 0.4) is 0 Å². The Balaban J connectivity index is 3.89. The number of urea groups is 1. The highest BCUT2D eigenvalue weighted by molar-refractivity contribution is 5.86. The van der Waals surface area contributed by atoms with Gasteiger partial charge in [-0.2, -0.15) is 0 Å². The van der Waals surface area contributed by atoms with Gasteiger partial charge in [-0.05, 0) is 25.7 Å². The molecule has 0 saturated heterocycles. The minimum absolute atomic E-state index is 0.354. The quantitative estimate of drug-likeness (QED) is 0.508. The molecule has 0 aliphatic carbocycles.